The lowest BCUT2D eigenvalue weighted by Crippen LogP contribution is -2.14. The molecule has 0 heterocycles. The Kier molecular flexibility index (Phi) is 4.45. The summed E-state index contributed by atoms with van der Waals surface area (Å²) in [4.78, 5) is 13.7. The predicted octanol–water partition coefficient (Wildman–Crippen LogP) is 5.10. The van der Waals surface area contributed by atoms with Crippen LogP contribution >= 0.6 is 11.8 Å². The number of hydrogen-bond acceptors (Lipinski definition) is 2. The Hall–Kier alpha value is -1.54. The number of fused-ring (bicyclic) bond motifs is 1. The summed E-state index contributed by atoms with van der Waals surface area (Å²) in [7, 11) is 0. The number of carbonyl (C=O) groups is 1. The minimum Gasteiger partial charge on any atom is -0.294 e. The lowest BCUT2D eigenvalue weighted by atomic mass is 9.79. The zero-order valence-electron chi connectivity index (χ0n) is 12.3. The molecule has 21 heavy (non-hydrogen) atoms. The normalized spacial score (nSPS) is 17.3. The van der Waals surface area contributed by atoms with E-state index in [1.165, 1.54) is 22.4 Å². The number of rotatable bonds is 4. The average molecular weight is 296 g/mol. The highest BCUT2D eigenvalue weighted by Gasteiger charge is 2.22. The number of thioether (sulfide) groups is 1. The van der Waals surface area contributed by atoms with Crippen LogP contribution in [0, 0.1) is 0 Å². The highest BCUT2D eigenvalue weighted by Crippen LogP contribution is 2.34. The molecule has 1 nitrogen and oxygen atoms in total. The van der Waals surface area contributed by atoms with E-state index in [4.69, 9.17) is 0 Å². The molecule has 1 aliphatic carbocycles. The van der Waals surface area contributed by atoms with Crippen LogP contribution in [0.15, 0.2) is 53.4 Å². The zero-order valence-corrected chi connectivity index (χ0v) is 13.2. The van der Waals surface area contributed by atoms with Gasteiger partial charge in [0.15, 0.2) is 5.78 Å². The number of hydrogen-bond donors (Lipinski definition) is 0. The van der Waals surface area contributed by atoms with Gasteiger partial charge in [0.05, 0.1) is 0 Å². The van der Waals surface area contributed by atoms with Crippen molar-refractivity contribution in [2.45, 2.75) is 36.5 Å². The molecule has 2 aromatic rings. The first-order valence-corrected chi connectivity index (χ1v) is 8.75. The standard InChI is InChI=1S/C19H20OS/c1-21-17-11-9-15(10-12-17)19(20)13-16-7-4-6-14-5-2-3-8-18(14)16/h2-3,5,8-12,16H,4,6-7,13H2,1H3. The van der Waals surface area contributed by atoms with Crippen molar-refractivity contribution >= 4 is 17.5 Å². The van der Waals surface area contributed by atoms with Gasteiger partial charge in [0.25, 0.3) is 0 Å². The first-order chi connectivity index (χ1) is 10.3. The van der Waals surface area contributed by atoms with Crippen molar-refractivity contribution in [3.05, 3.63) is 65.2 Å². The first-order valence-electron chi connectivity index (χ1n) is 7.53. The van der Waals surface area contributed by atoms with Crippen molar-refractivity contribution in [1.82, 2.24) is 0 Å². The van der Waals surface area contributed by atoms with Crippen LogP contribution in [0.3, 0.4) is 0 Å². The molecule has 2 heteroatoms. The summed E-state index contributed by atoms with van der Waals surface area (Å²) in [5.41, 5.74) is 3.66. The van der Waals surface area contributed by atoms with E-state index in [0.717, 1.165) is 18.4 Å². The second-order valence-corrected chi connectivity index (χ2v) is 6.52. The maximum atomic E-state index is 12.5. The number of Topliss-reactive ketones (excluding diaryl/α,β-unsaturated/α-hetero) is 1. The molecule has 0 saturated heterocycles. The molecule has 0 fully saturated rings. The van der Waals surface area contributed by atoms with Gasteiger partial charge in [-0.3, -0.25) is 4.79 Å². The van der Waals surface area contributed by atoms with Crippen LogP contribution in [0.5, 0.6) is 0 Å². The van der Waals surface area contributed by atoms with Crippen molar-refractivity contribution in [2.24, 2.45) is 0 Å². The molecule has 2 aromatic carbocycles. The van der Waals surface area contributed by atoms with Crippen molar-refractivity contribution in [1.29, 1.82) is 0 Å². The summed E-state index contributed by atoms with van der Waals surface area (Å²) >= 11 is 1.70. The fourth-order valence-corrected chi connectivity index (χ4v) is 3.59. The SMILES string of the molecule is CSc1ccc(C(=O)CC2CCCc3ccccc32)cc1. The van der Waals surface area contributed by atoms with E-state index in [0.29, 0.717) is 12.3 Å². The van der Waals surface area contributed by atoms with E-state index in [2.05, 4.69) is 30.5 Å². The third-order valence-corrected chi connectivity index (χ3v) is 5.08. The second-order valence-electron chi connectivity index (χ2n) is 5.64. The molecule has 1 atom stereocenters. The fraction of sp³-hybridized carbons (Fsp3) is 0.316. The summed E-state index contributed by atoms with van der Waals surface area (Å²) in [5, 5.41) is 0. The van der Waals surface area contributed by atoms with Crippen LogP contribution in [0.1, 0.15) is 46.7 Å². The third kappa shape index (κ3) is 3.21. The van der Waals surface area contributed by atoms with E-state index in [1.54, 1.807) is 11.8 Å². The molecule has 0 aromatic heterocycles. The molecular weight excluding hydrogens is 276 g/mol. The average Bonchev–Trinajstić information content (AvgIpc) is 2.55. The first kappa shape index (κ1) is 14.4. The lowest BCUT2D eigenvalue weighted by molar-refractivity contribution is 0.0971. The van der Waals surface area contributed by atoms with Gasteiger partial charge in [-0.05, 0) is 54.7 Å². The molecule has 0 aliphatic heterocycles. The summed E-state index contributed by atoms with van der Waals surface area (Å²) in [6.07, 6.45) is 6.17. The van der Waals surface area contributed by atoms with Gasteiger partial charge in [0.1, 0.15) is 0 Å². The predicted molar refractivity (Wildman–Crippen MR) is 89.3 cm³/mol. The van der Waals surface area contributed by atoms with E-state index in [9.17, 15) is 4.79 Å². The Bertz CT molecular complexity index is 630. The molecule has 0 amide bonds. The van der Waals surface area contributed by atoms with Crippen molar-refractivity contribution < 1.29 is 4.79 Å². The van der Waals surface area contributed by atoms with Gasteiger partial charge >= 0.3 is 0 Å². The maximum Gasteiger partial charge on any atom is 0.163 e. The number of carbonyl (C=O) groups excluding carboxylic acids is 1. The lowest BCUT2D eigenvalue weighted by Gasteiger charge is -2.25. The van der Waals surface area contributed by atoms with Crippen LogP contribution in [0.4, 0.5) is 0 Å². The molecule has 3 rings (SSSR count). The number of aryl methyl sites for hydroxylation is 1. The van der Waals surface area contributed by atoms with Crippen LogP contribution in [-0.4, -0.2) is 12.0 Å². The van der Waals surface area contributed by atoms with Crippen LogP contribution in [-0.2, 0) is 6.42 Å². The van der Waals surface area contributed by atoms with E-state index in [-0.39, 0.29) is 5.78 Å². The zero-order chi connectivity index (χ0) is 14.7. The van der Waals surface area contributed by atoms with Gasteiger partial charge in [-0.15, -0.1) is 11.8 Å². The molecule has 0 spiro atoms. The van der Waals surface area contributed by atoms with Gasteiger partial charge in [0.2, 0.25) is 0 Å². The summed E-state index contributed by atoms with van der Waals surface area (Å²) in [6, 6.07) is 16.6. The maximum absolute atomic E-state index is 12.5. The fourth-order valence-electron chi connectivity index (χ4n) is 3.19. The molecule has 0 radical (unpaired) electrons. The van der Waals surface area contributed by atoms with E-state index >= 15 is 0 Å². The highest BCUT2D eigenvalue weighted by atomic mass is 32.2. The van der Waals surface area contributed by atoms with Crippen molar-refractivity contribution in [2.75, 3.05) is 6.26 Å². The van der Waals surface area contributed by atoms with Crippen LogP contribution in [0.2, 0.25) is 0 Å². The highest BCUT2D eigenvalue weighted by molar-refractivity contribution is 7.98. The Morgan fingerprint density at radius 2 is 1.90 bits per heavy atom. The second kappa shape index (κ2) is 6.48. The van der Waals surface area contributed by atoms with Gasteiger partial charge in [0, 0.05) is 16.9 Å². The summed E-state index contributed by atoms with van der Waals surface area (Å²) in [5.74, 6) is 0.659. The van der Waals surface area contributed by atoms with Crippen molar-refractivity contribution in [3.8, 4) is 0 Å². The van der Waals surface area contributed by atoms with Gasteiger partial charge in [-0.2, -0.15) is 0 Å². The number of benzene rings is 2. The van der Waals surface area contributed by atoms with Crippen LogP contribution in [0.25, 0.3) is 0 Å². The Balaban J connectivity index is 1.76. The Morgan fingerprint density at radius 1 is 1.14 bits per heavy atom. The Morgan fingerprint density at radius 3 is 2.67 bits per heavy atom. The minimum absolute atomic E-state index is 0.268. The largest absolute Gasteiger partial charge is 0.294 e. The van der Waals surface area contributed by atoms with E-state index < -0.39 is 0 Å². The van der Waals surface area contributed by atoms with Gasteiger partial charge in [-0.25, -0.2) is 0 Å². The topological polar surface area (TPSA) is 17.1 Å². The molecule has 1 unspecified atom stereocenters. The van der Waals surface area contributed by atoms with E-state index in [1.807, 2.05) is 24.3 Å². The van der Waals surface area contributed by atoms with Gasteiger partial charge in [-0.1, -0.05) is 36.4 Å². The molecule has 0 bridgehead atoms. The summed E-state index contributed by atoms with van der Waals surface area (Å²) in [6.45, 7) is 0. The molecule has 0 saturated carbocycles. The molecular formula is C19H20OS. The van der Waals surface area contributed by atoms with Gasteiger partial charge < -0.3 is 0 Å². The van der Waals surface area contributed by atoms with Crippen molar-refractivity contribution in [3.63, 3.8) is 0 Å². The Labute approximate surface area is 130 Å². The number of ketones is 1. The molecule has 0 N–H and O–H groups in total. The van der Waals surface area contributed by atoms with Crippen LogP contribution < -0.4 is 0 Å². The smallest absolute Gasteiger partial charge is 0.163 e. The molecule has 108 valence electrons. The summed E-state index contributed by atoms with van der Waals surface area (Å²) < 4.78 is 0. The third-order valence-electron chi connectivity index (χ3n) is 4.34. The quantitative estimate of drug-likeness (QED) is 0.576. The monoisotopic (exact) mass is 296 g/mol. The minimum atomic E-state index is 0.268. The molecule has 1 aliphatic rings.